The van der Waals surface area contributed by atoms with Crippen LogP contribution in [0.15, 0.2) is 36.4 Å². The zero-order valence-corrected chi connectivity index (χ0v) is 11.2. The van der Waals surface area contributed by atoms with Crippen LogP contribution in [0.3, 0.4) is 0 Å². The van der Waals surface area contributed by atoms with Gasteiger partial charge >= 0.3 is 0 Å². The molecule has 98 valence electrons. The number of hydrogen-bond acceptors (Lipinski definition) is 2. The molecule has 0 saturated heterocycles. The van der Waals surface area contributed by atoms with Crippen molar-refractivity contribution in [3.05, 3.63) is 63.9 Å². The maximum atomic E-state index is 13.7. The number of carbonyl (C=O) groups is 1. The summed E-state index contributed by atoms with van der Waals surface area (Å²) in [4.78, 5) is 12.1. The molecule has 0 saturated carbocycles. The highest BCUT2D eigenvalue weighted by molar-refractivity contribution is 6.30. The number of hydrogen-bond donors (Lipinski definition) is 1. The van der Waals surface area contributed by atoms with Gasteiger partial charge in [-0.2, -0.15) is 0 Å². The largest absolute Gasteiger partial charge is 0.399 e. The second-order valence-corrected chi connectivity index (χ2v) is 4.79. The first-order valence-corrected chi connectivity index (χ1v) is 6.19. The van der Waals surface area contributed by atoms with E-state index in [0.29, 0.717) is 16.8 Å². The summed E-state index contributed by atoms with van der Waals surface area (Å²) in [5, 5.41) is 0.0267. The number of rotatable bonds is 3. The molecule has 0 radical (unpaired) electrons. The average Bonchev–Trinajstić information content (AvgIpc) is 2.38. The van der Waals surface area contributed by atoms with E-state index in [-0.39, 0.29) is 17.2 Å². The molecule has 0 amide bonds. The summed E-state index contributed by atoms with van der Waals surface area (Å²) in [5.41, 5.74) is 7.98. The molecule has 2 rings (SSSR count). The quantitative estimate of drug-likeness (QED) is 0.685. The van der Waals surface area contributed by atoms with Crippen LogP contribution in [0.25, 0.3) is 0 Å². The maximum Gasteiger partial charge on any atom is 0.167 e. The van der Waals surface area contributed by atoms with Gasteiger partial charge in [0.25, 0.3) is 0 Å². The van der Waals surface area contributed by atoms with Gasteiger partial charge in [0.1, 0.15) is 5.82 Å². The molecule has 0 fully saturated rings. The van der Waals surface area contributed by atoms with Crippen LogP contribution in [0.1, 0.15) is 21.5 Å². The van der Waals surface area contributed by atoms with E-state index < -0.39 is 5.82 Å². The molecule has 0 aromatic heterocycles. The molecular weight excluding hydrogens is 265 g/mol. The minimum atomic E-state index is -0.537. The third-order valence-electron chi connectivity index (χ3n) is 2.97. The van der Waals surface area contributed by atoms with Gasteiger partial charge in [-0.15, -0.1) is 0 Å². The van der Waals surface area contributed by atoms with Gasteiger partial charge < -0.3 is 5.73 Å². The van der Waals surface area contributed by atoms with E-state index in [1.807, 2.05) is 6.92 Å². The Morgan fingerprint density at radius 1 is 1.32 bits per heavy atom. The molecular formula is C15H13ClFNO. The minimum Gasteiger partial charge on any atom is -0.399 e. The van der Waals surface area contributed by atoms with Crippen molar-refractivity contribution in [1.82, 2.24) is 0 Å². The molecule has 2 nitrogen and oxygen atoms in total. The van der Waals surface area contributed by atoms with Gasteiger partial charge in [-0.05, 0) is 42.3 Å². The van der Waals surface area contributed by atoms with Gasteiger partial charge in [-0.1, -0.05) is 23.7 Å². The predicted molar refractivity (Wildman–Crippen MR) is 75.0 cm³/mol. The summed E-state index contributed by atoms with van der Waals surface area (Å²) >= 11 is 5.69. The fourth-order valence-corrected chi connectivity index (χ4v) is 2.00. The lowest BCUT2D eigenvalue weighted by Crippen LogP contribution is -2.06. The third kappa shape index (κ3) is 2.93. The van der Waals surface area contributed by atoms with Crippen LogP contribution < -0.4 is 5.73 Å². The lowest BCUT2D eigenvalue weighted by Gasteiger charge is -2.06. The van der Waals surface area contributed by atoms with Gasteiger partial charge in [0.05, 0.1) is 5.02 Å². The molecule has 0 aliphatic rings. The minimum absolute atomic E-state index is 0.0181. The number of anilines is 1. The standard InChI is InChI=1S/C15H13ClFNO/c1-9-7-10(5-6-13(9)18)14(19)8-11-3-2-4-12(16)15(11)17/h2-7H,8,18H2,1H3. The molecule has 0 spiro atoms. The Hall–Kier alpha value is -1.87. The van der Waals surface area contributed by atoms with Crippen molar-refractivity contribution in [2.75, 3.05) is 5.73 Å². The first kappa shape index (κ1) is 13.6. The molecule has 0 aliphatic carbocycles. The van der Waals surface area contributed by atoms with Crippen LogP contribution in [0.5, 0.6) is 0 Å². The normalized spacial score (nSPS) is 10.5. The first-order chi connectivity index (χ1) is 8.99. The number of nitrogen functional groups attached to an aromatic ring is 1. The Labute approximate surface area is 116 Å². The van der Waals surface area contributed by atoms with Gasteiger partial charge in [0.15, 0.2) is 5.78 Å². The van der Waals surface area contributed by atoms with Crippen molar-refractivity contribution in [2.45, 2.75) is 13.3 Å². The van der Waals surface area contributed by atoms with Crippen molar-refractivity contribution >= 4 is 23.1 Å². The van der Waals surface area contributed by atoms with E-state index in [9.17, 15) is 9.18 Å². The van der Waals surface area contributed by atoms with E-state index in [4.69, 9.17) is 17.3 Å². The summed E-state index contributed by atoms with van der Waals surface area (Å²) in [5.74, 6) is -0.700. The van der Waals surface area contributed by atoms with Gasteiger partial charge in [0, 0.05) is 17.7 Å². The van der Waals surface area contributed by atoms with Gasteiger partial charge in [-0.25, -0.2) is 4.39 Å². The Morgan fingerprint density at radius 2 is 2.05 bits per heavy atom. The van der Waals surface area contributed by atoms with E-state index in [0.717, 1.165) is 5.56 Å². The number of halogens is 2. The number of benzene rings is 2. The van der Waals surface area contributed by atoms with E-state index in [1.165, 1.54) is 6.07 Å². The lowest BCUT2D eigenvalue weighted by atomic mass is 10.0. The van der Waals surface area contributed by atoms with Crippen LogP contribution in [0.4, 0.5) is 10.1 Å². The third-order valence-corrected chi connectivity index (χ3v) is 3.27. The van der Waals surface area contributed by atoms with Crippen LogP contribution in [-0.2, 0) is 6.42 Å². The zero-order valence-electron chi connectivity index (χ0n) is 10.4. The van der Waals surface area contributed by atoms with Crippen LogP contribution in [-0.4, -0.2) is 5.78 Å². The molecule has 0 aliphatic heterocycles. The van der Waals surface area contributed by atoms with Gasteiger partial charge in [0.2, 0.25) is 0 Å². The predicted octanol–water partition coefficient (Wildman–Crippen LogP) is 3.80. The van der Waals surface area contributed by atoms with Crippen molar-refractivity contribution in [1.29, 1.82) is 0 Å². The molecule has 2 N–H and O–H groups in total. The Balaban J connectivity index is 2.26. The molecule has 2 aromatic rings. The van der Waals surface area contributed by atoms with Gasteiger partial charge in [-0.3, -0.25) is 4.79 Å². The van der Waals surface area contributed by atoms with Crippen LogP contribution in [0, 0.1) is 12.7 Å². The summed E-state index contributed by atoms with van der Waals surface area (Å²) < 4.78 is 13.7. The lowest BCUT2D eigenvalue weighted by molar-refractivity contribution is 0.0992. The molecule has 0 atom stereocenters. The summed E-state index contributed by atoms with van der Waals surface area (Å²) in [6.07, 6.45) is -0.0181. The summed E-state index contributed by atoms with van der Waals surface area (Å²) in [6.45, 7) is 1.83. The number of nitrogens with two attached hydrogens (primary N) is 1. The number of Topliss-reactive ketones (excluding diaryl/α,β-unsaturated/α-hetero) is 1. The fraction of sp³-hybridized carbons (Fsp3) is 0.133. The molecule has 0 bridgehead atoms. The molecule has 2 aromatic carbocycles. The summed E-state index contributed by atoms with van der Waals surface area (Å²) in [7, 11) is 0. The summed E-state index contributed by atoms with van der Waals surface area (Å²) in [6, 6.07) is 9.67. The van der Waals surface area contributed by atoms with Crippen molar-refractivity contribution < 1.29 is 9.18 Å². The monoisotopic (exact) mass is 277 g/mol. The van der Waals surface area contributed by atoms with E-state index in [1.54, 1.807) is 30.3 Å². The SMILES string of the molecule is Cc1cc(C(=O)Cc2cccc(Cl)c2F)ccc1N. The van der Waals surface area contributed by atoms with Crippen molar-refractivity contribution in [3.8, 4) is 0 Å². The van der Waals surface area contributed by atoms with Crippen LogP contribution >= 0.6 is 11.6 Å². The molecule has 0 unspecified atom stereocenters. The topological polar surface area (TPSA) is 43.1 Å². The van der Waals surface area contributed by atoms with E-state index in [2.05, 4.69) is 0 Å². The van der Waals surface area contributed by atoms with E-state index >= 15 is 0 Å². The number of ketones is 1. The Kier molecular flexibility index (Phi) is 3.86. The Morgan fingerprint density at radius 3 is 2.74 bits per heavy atom. The van der Waals surface area contributed by atoms with Crippen LogP contribution in [0.2, 0.25) is 5.02 Å². The van der Waals surface area contributed by atoms with Crippen molar-refractivity contribution in [2.24, 2.45) is 0 Å². The number of aryl methyl sites for hydroxylation is 1. The first-order valence-electron chi connectivity index (χ1n) is 5.81. The molecule has 4 heteroatoms. The van der Waals surface area contributed by atoms with Crippen molar-refractivity contribution in [3.63, 3.8) is 0 Å². The zero-order chi connectivity index (χ0) is 14.0. The highest BCUT2D eigenvalue weighted by atomic mass is 35.5. The average molecular weight is 278 g/mol. The Bertz CT molecular complexity index is 640. The second-order valence-electron chi connectivity index (χ2n) is 4.38. The molecule has 19 heavy (non-hydrogen) atoms. The maximum absolute atomic E-state index is 13.7. The fourth-order valence-electron chi connectivity index (χ4n) is 1.81. The number of carbonyl (C=O) groups excluding carboxylic acids is 1. The molecule has 0 heterocycles. The highest BCUT2D eigenvalue weighted by Crippen LogP contribution is 2.20. The highest BCUT2D eigenvalue weighted by Gasteiger charge is 2.13. The second kappa shape index (κ2) is 5.41. The smallest absolute Gasteiger partial charge is 0.167 e.